The van der Waals surface area contributed by atoms with Crippen LogP contribution >= 0.6 is 11.8 Å². The van der Waals surface area contributed by atoms with Crippen LogP contribution in [0.2, 0.25) is 0 Å². The van der Waals surface area contributed by atoms with E-state index in [1.165, 1.54) is 44.4 Å². The number of hydrogen-bond donors (Lipinski definition) is 1. The van der Waals surface area contributed by atoms with Gasteiger partial charge in [-0.2, -0.15) is 0 Å². The predicted molar refractivity (Wildman–Crippen MR) is 83.3 cm³/mol. The van der Waals surface area contributed by atoms with E-state index >= 15 is 0 Å². The largest absolute Gasteiger partial charge is 0.356 e. The molecule has 4 heteroatoms. The maximum atomic E-state index is 11.5. The van der Waals surface area contributed by atoms with Gasteiger partial charge in [0.25, 0.3) is 0 Å². The molecule has 0 aromatic carbocycles. The van der Waals surface area contributed by atoms with Crippen LogP contribution < -0.4 is 5.32 Å². The Labute approximate surface area is 122 Å². The van der Waals surface area contributed by atoms with Gasteiger partial charge in [-0.05, 0) is 18.3 Å². The quantitative estimate of drug-likeness (QED) is 0.622. The molecule has 19 heavy (non-hydrogen) atoms. The van der Waals surface area contributed by atoms with Gasteiger partial charge in [0.2, 0.25) is 5.91 Å². The van der Waals surface area contributed by atoms with Crippen LogP contribution in [0.1, 0.15) is 66.2 Å². The molecule has 0 atom stereocenters. The molecule has 0 unspecified atom stereocenters. The number of nitrogens with one attached hydrogen (secondary N) is 1. The van der Waals surface area contributed by atoms with E-state index in [0.717, 1.165) is 13.0 Å². The van der Waals surface area contributed by atoms with Crippen LogP contribution in [0.4, 0.5) is 0 Å². The van der Waals surface area contributed by atoms with Crippen LogP contribution in [0.5, 0.6) is 0 Å². The van der Waals surface area contributed by atoms with Gasteiger partial charge < -0.3 is 5.32 Å². The highest BCUT2D eigenvalue weighted by Gasteiger charge is 2.18. The van der Waals surface area contributed by atoms with E-state index < -0.39 is 0 Å². The van der Waals surface area contributed by atoms with Gasteiger partial charge in [-0.25, -0.2) is 0 Å². The van der Waals surface area contributed by atoms with Crippen molar-refractivity contribution in [2.75, 3.05) is 12.3 Å². The van der Waals surface area contributed by atoms with Gasteiger partial charge in [0, 0.05) is 25.6 Å². The van der Waals surface area contributed by atoms with Gasteiger partial charge in [-0.3, -0.25) is 9.59 Å². The van der Waals surface area contributed by atoms with E-state index in [-0.39, 0.29) is 11.0 Å². The van der Waals surface area contributed by atoms with Crippen LogP contribution in [0.15, 0.2) is 0 Å². The average Bonchev–Trinajstić information content (AvgIpc) is 2.37. The summed E-state index contributed by atoms with van der Waals surface area (Å²) in [6, 6.07) is 0. The van der Waals surface area contributed by atoms with Crippen LogP contribution in [-0.4, -0.2) is 23.3 Å². The summed E-state index contributed by atoms with van der Waals surface area (Å²) >= 11 is 1.21. The summed E-state index contributed by atoms with van der Waals surface area (Å²) in [5.74, 6) is 0.646. The maximum Gasteiger partial charge on any atom is 0.220 e. The summed E-state index contributed by atoms with van der Waals surface area (Å²) in [5.41, 5.74) is 0.460. The lowest BCUT2D eigenvalue weighted by Gasteiger charge is -2.26. The molecule has 0 spiro atoms. The molecule has 1 amide bonds. The van der Waals surface area contributed by atoms with E-state index in [1.807, 2.05) is 0 Å². The molecule has 112 valence electrons. The first-order valence-electron chi connectivity index (χ1n) is 7.33. The van der Waals surface area contributed by atoms with Gasteiger partial charge in [0.05, 0.1) is 0 Å². The Bertz CT molecular complexity index is 275. The number of carbonyl (C=O) groups is 2. The first-order valence-corrected chi connectivity index (χ1v) is 8.32. The highest BCUT2D eigenvalue weighted by atomic mass is 32.2. The third kappa shape index (κ3) is 10.00. The number of carbonyl (C=O) groups excluding carboxylic acids is 2. The second-order valence-corrected chi connectivity index (χ2v) is 6.69. The van der Waals surface area contributed by atoms with Crippen molar-refractivity contribution >= 4 is 22.8 Å². The van der Waals surface area contributed by atoms with Gasteiger partial charge in [0.15, 0.2) is 5.12 Å². The Hall–Kier alpha value is -0.510. The summed E-state index contributed by atoms with van der Waals surface area (Å²) < 4.78 is 0. The summed E-state index contributed by atoms with van der Waals surface area (Å²) in [5, 5.41) is 2.99. The van der Waals surface area contributed by atoms with E-state index in [0.29, 0.717) is 17.6 Å². The number of amides is 1. The third-order valence-corrected chi connectivity index (χ3v) is 4.69. The molecule has 0 aromatic heterocycles. The monoisotopic (exact) mass is 287 g/mol. The fraction of sp³-hybridized carbons (Fsp3) is 0.867. The molecular weight excluding hydrogens is 258 g/mol. The highest BCUT2D eigenvalue weighted by molar-refractivity contribution is 8.13. The Kier molecular flexibility index (Phi) is 10.0. The zero-order valence-electron chi connectivity index (χ0n) is 12.9. The van der Waals surface area contributed by atoms with Gasteiger partial charge in [0.1, 0.15) is 0 Å². The van der Waals surface area contributed by atoms with Crippen molar-refractivity contribution in [3.8, 4) is 0 Å². The third-order valence-electron chi connectivity index (χ3n) is 3.87. The van der Waals surface area contributed by atoms with E-state index in [2.05, 4.69) is 26.1 Å². The number of rotatable bonds is 10. The van der Waals surface area contributed by atoms with Crippen molar-refractivity contribution in [1.82, 2.24) is 5.32 Å². The average molecular weight is 287 g/mol. The maximum absolute atomic E-state index is 11.5. The van der Waals surface area contributed by atoms with Crippen LogP contribution in [-0.2, 0) is 9.59 Å². The minimum atomic E-state index is 0.0579. The van der Waals surface area contributed by atoms with Gasteiger partial charge >= 0.3 is 0 Å². The number of hydrogen-bond acceptors (Lipinski definition) is 3. The fourth-order valence-electron chi connectivity index (χ4n) is 1.88. The first kappa shape index (κ1) is 18.5. The topological polar surface area (TPSA) is 46.2 Å². The number of unbranched alkanes of at least 4 members (excludes halogenated alkanes) is 1. The lowest BCUT2D eigenvalue weighted by atomic mass is 9.80. The van der Waals surface area contributed by atoms with Crippen molar-refractivity contribution in [1.29, 1.82) is 0 Å². The van der Waals surface area contributed by atoms with Crippen molar-refractivity contribution in [3.63, 3.8) is 0 Å². The normalized spacial score (nSPS) is 11.4. The molecule has 0 bridgehead atoms. The smallest absolute Gasteiger partial charge is 0.220 e. The lowest BCUT2D eigenvalue weighted by molar-refractivity contribution is -0.120. The molecule has 0 aliphatic heterocycles. The summed E-state index contributed by atoms with van der Waals surface area (Å²) in [6.45, 7) is 9.12. The molecule has 0 aliphatic carbocycles. The van der Waals surface area contributed by atoms with Crippen molar-refractivity contribution in [2.24, 2.45) is 5.41 Å². The molecule has 0 rings (SSSR count). The molecule has 0 radical (unpaired) electrons. The van der Waals surface area contributed by atoms with Crippen LogP contribution in [0, 0.1) is 5.41 Å². The van der Waals surface area contributed by atoms with Gasteiger partial charge in [-0.15, -0.1) is 0 Å². The van der Waals surface area contributed by atoms with Gasteiger partial charge in [-0.1, -0.05) is 51.8 Å². The van der Waals surface area contributed by atoms with Crippen molar-refractivity contribution in [2.45, 2.75) is 66.2 Å². The van der Waals surface area contributed by atoms with E-state index in [1.54, 1.807) is 0 Å². The molecule has 0 saturated carbocycles. The zero-order chi connectivity index (χ0) is 14.7. The molecular formula is C15H29NO2S. The first-order chi connectivity index (χ1) is 8.93. The SMILES string of the molecule is CCC(C)(CC)CCCCNC(=O)CCSC(C)=O. The summed E-state index contributed by atoms with van der Waals surface area (Å²) in [4.78, 5) is 22.2. The van der Waals surface area contributed by atoms with E-state index in [4.69, 9.17) is 0 Å². The minimum absolute atomic E-state index is 0.0579. The standard InChI is InChI=1S/C15H29NO2S/c1-5-15(4,6-2)10-7-8-11-16-14(18)9-12-19-13(3)17/h5-12H2,1-4H3,(H,16,18). The zero-order valence-corrected chi connectivity index (χ0v) is 13.7. The Morgan fingerprint density at radius 2 is 1.79 bits per heavy atom. The van der Waals surface area contributed by atoms with Crippen LogP contribution in [0.25, 0.3) is 0 Å². The summed E-state index contributed by atoms with van der Waals surface area (Å²) in [7, 11) is 0. The molecule has 0 aliphatic rings. The fourth-order valence-corrected chi connectivity index (χ4v) is 2.46. The molecule has 0 heterocycles. The Balaban J connectivity index is 3.53. The molecule has 0 aromatic rings. The molecule has 3 nitrogen and oxygen atoms in total. The molecule has 0 saturated heterocycles. The number of thioether (sulfide) groups is 1. The molecule has 1 N–H and O–H groups in total. The van der Waals surface area contributed by atoms with Crippen molar-refractivity contribution in [3.05, 3.63) is 0 Å². The lowest BCUT2D eigenvalue weighted by Crippen LogP contribution is -2.25. The van der Waals surface area contributed by atoms with Crippen molar-refractivity contribution < 1.29 is 9.59 Å². The van der Waals surface area contributed by atoms with Crippen LogP contribution in [0.3, 0.4) is 0 Å². The Morgan fingerprint density at radius 3 is 2.32 bits per heavy atom. The second-order valence-electron chi connectivity index (χ2n) is 5.41. The highest BCUT2D eigenvalue weighted by Crippen LogP contribution is 2.31. The summed E-state index contributed by atoms with van der Waals surface area (Å²) in [6.07, 6.45) is 6.32. The Morgan fingerprint density at radius 1 is 1.16 bits per heavy atom. The second kappa shape index (κ2) is 10.3. The minimum Gasteiger partial charge on any atom is -0.356 e. The van der Waals surface area contributed by atoms with E-state index in [9.17, 15) is 9.59 Å². The molecule has 0 fully saturated rings. The predicted octanol–water partition coefficient (Wildman–Crippen LogP) is 3.77.